The highest BCUT2D eigenvalue weighted by atomic mass is 32.1. The summed E-state index contributed by atoms with van der Waals surface area (Å²) < 4.78 is 0. The molecule has 9 nitrogen and oxygen atoms in total. The number of carbonyl (C=O) groups excluding carboxylic acids is 4. The number of amides is 4. The molecule has 1 spiro atoms. The number of thiophene rings is 1. The van der Waals surface area contributed by atoms with Gasteiger partial charge in [-0.1, -0.05) is 6.07 Å². The molecular formula is C26H26N5O4S+. The number of quaternary nitrogens is 1. The molecule has 4 amide bonds. The number of rotatable bonds is 3. The zero-order valence-electron chi connectivity index (χ0n) is 20.0. The summed E-state index contributed by atoms with van der Waals surface area (Å²) >= 11 is 1.33. The van der Waals surface area contributed by atoms with Crippen LogP contribution in [-0.2, 0) is 37.6 Å². The van der Waals surface area contributed by atoms with E-state index in [-0.39, 0.29) is 12.3 Å². The summed E-state index contributed by atoms with van der Waals surface area (Å²) in [5.41, 5.74) is 8.64. The van der Waals surface area contributed by atoms with E-state index in [0.717, 1.165) is 52.2 Å². The van der Waals surface area contributed by atoms with Gasteiger partial charge < -0.3 is 16.4 Å². The molecule has 0 unspecified atom stereocenters. The van der Waals surface area contributed by atoms with E-state index >= 15 is 0 Å². The number of hydrogen-bond acceptors (Lipinski definition) is 6. The van der Waals surface area contributed by atoms with Gasteiger partial charge in [-0.3, -0.25) is 19.2 Å². The highest BCUT2D eigenvalue weighted by molar-refractivity contribution is 7.17. The summed E-state index contributed by atoms with van der Waals surface area (Å²) in [7, 11) is 0. The first kappa shape index (κ1) is 22.9. The number of nitrogens with zero attached hydrogens (tertiary/aromatic N) is 2. The van der Waals surface area contributed by atoms with Crippen LogP contribution in [0.4, 0.5) is 10.7 Å². The molecule has 36 heavy (non-hydrogen) atoms. The summed E-state index contributed by atoms with van der Waals surface area (Å²) in [6, 6.07) is 5.30. The van der Waals surface area contributed by atoms with Gasteiger partial charge in [0.1, 0.15) is 28.9 Å². The van der Waals surface area contributed by atoms with Gasteiger partial charge in [0.2, 0.25) is 23.3 Å². The molecule has 2 fully saturated rings. The van der Waals surface area contributed by atoms with E-state index in [1.807, 2.05) is 26.0 Å². The second-order valence-corrected chi connectivity index (χ2v) is 11.4. The van der Waals surface area contributed by atoms with Crippen molar-refractivity contribution in [1.82, 2.24) is 0 Å². The number of benzene rings is 1. The molecule has 5 N–H and O–H groups in total. The lowest BCUT2D eigenvalue weighted by atomic mass is 9.76. The summed E-state index contributed by atoms with van der Waals surface area (Å²) in [5, 5.41) is 15.0. The Kier molecular flexibility index (Phi) is 4.91. The van der Waals surface area contributed by atoms with Crippen LogP contribution in [0.1, 0.15) is 52.0 Å². The Balaban J connectivity index is 1.53. The summed E-state index contributed by atoms with van der Waals surface area (Å²) in [6.45, 7) is 3.85. The molecule has 184 valence electrons. The van der Waals surface area contributed by atoms with Crippen molar-refractivity contribution in [2.45, 2.75) is 57.5 Å². The number of nitriles is 1. The van der Waals surface area contributed by atoms with Gasteiger partial charge >= 0.3 is 0 Å². The van der Waals surface area contributed by atoms with E-state index in [1.54, 1.807) is 5.32 Å². The van der Waals surface area contributed by atoms with Crippen LogP contribution in [0.15, 0.2) is 12.1 Å². The molecule has 4 heterocycles. The summed E-state index contributed by atoms with van der Waals surface area (Å²) in [6.07, 6.45) is 3.37. The van der Waals surface area contributed by atoms with Crippen LogP contribution in [-0.4, -0.2) is 29.7 Å². The van der Waals surface area contributed by atoms with E-state index in [1.165, 1.54) is 11.3 Å². The van der Waals surface area contributed by atoms with Crippen molar-refractivity contribution in [2.24, 2.45) is 17.6 Å². The molecule has 3 aliphatic heterocycles. The van der Waals surface area contributed by atoms with Gasteiger partial charge in [0.05, 0.1) is 17.7 Å². The lowest BCUT2D eigenvalue weighted by Crippen LogP contribution is -2.99. The van der Waals surface area contributed by atoms with E-state index in [9.17, 15) is 24.4 Å². The van der Waals surface area contributed by atoms with Crippen LogP contribution in [0.25, 0.3) is 0 Å². The molecule has 2 saturated heterocycles. The van der Waals surface area contributed by atoms with Crippen LogP contribution in [0.3, 0.4) is 0 Å². The van der Waals surface area contributed by atoms with Gasteiger partial charge in [-0.15, -0.1) is 11.3 Å². The molecule has 4 atom stereocenters. The van der Waals surface area contributed by atoms with E-state index in [4.69, 9.17) is 5.73 Å². The van der Waals surface area contributed by atoms with Crippen LogP contribution in [0.5, 0.6) is 0 Å². The monoisotopic (exact) mass is 504 g/mol. The summed E-state index contributed by atoms with van der Waals surface area (Å²) in [4.78, 5) is 56.0. The molecule has 0 bridgehead atoms. The van der Waals surface area contributed by atoms with E-state index in [2.05, 4.69) is 11.4 Å². The van der Waals surface area contributed by atoms with Crippen molar-refractivity contribution in [1.29, 1.82) is 5.26 Å². The quantitative estimate of drug-likeness (QED) is 0.531. The Morgan fingerprint density at radius 1 is 1.25 bits per heavy atom. The molecule has 1 aromatic heterocycles. The SMILES string of the molecule is Cc1ccc2c(c1C)NC(=O)[C@@]21[NH2+][C@@H](CC(N)=O)[C@H]2C(=O)N(c3sc4c(c3C#N)CCCC4)C(=O)[C@H]21. The number of fused-ring (bicyclic) bond motifs is 5. The smallest absolute Gasteiger partial charge is 0.291 e. The second-order valence-electron chi connectivity index (χ2n) is 10.3. The maximum absolute atomic E-state index is 14.2. The Hall–Kier alpha value is -3.55. The fourth-order valence-corrected chi connectivity index (χ4v) is 8.07. The molecule has 10 heteroatoms. The number of primary amides is 1. The Labute approximate surface area is 211 Å². The van der Waals surface area contributed by atoms with Gasteiger partial charge in [-0.2, -0.15) is 5.26 Å². The van der Waals surface area contributed by atoms with Crippen molar-refractivity contribution in [3.63, 3.8) is 0 Å². The number of hydrogen-bond donors (Lipinski definition) is 3. The number of aryl methyl sites for hydroxylation is 2. The maximum atomic E-state index is 14.2. The third-order valence-corrected chi connectivity index (χ3v) is 9.76. The molecule has 2 aromatic rings. The zero-order chi connectivity index (χ0) is 25.5. The van der Waals surface area contributed by atoms with Crippen molar-refractivity contribution in [3.8, 4) is 6.07 Å². The minimum absolute atomic E-state index is 0.144. The minimum atomic E-state index is -1.39. The lowest BCUT2D eigenvalue weighted by molar-refractivity contribution is -0.732. The zero-order valence-corrected chi connectivity index (χ0v) is 20.8. The van der Waals surface area contributed by atoms with Crippen LogP contribution in [0.2, 0.25) is 0 Å². The molecule has 1 aliphatic carbocycles. The highest BCUT2D eigenvalue weighted by Gasteiger charge is 2.74. The normalized spacial score (nSPS) is 28.2. The van der Waals surface area contributed by atoms with Gasteiger partial charge in [0, 0.05) is 10.4 Å². The average Bonchev–Trinajstić information content (AvgIpc) is 3.52. The Morgan fingerprint density at radius 3 is 2.72 bits per heavy atom. The largest absolute Gasteiger partial charge is 0.369 e. The maximum Gasteiger partial charge on any atom is 0.291 e. The molecule has 0 radical (unpaired) electrons. The minimum Gasteiger partial charge on any atom is -0.369 e. The molecule has 1 aromatic carbocycles. The van der Waals surface area contributed by atoms with Crippen molar-refractivity contribution < 1.29 is 24.5 Å². The predicted octanol–water partition coefficient (Wildman–Crippen LogP) is 0.890. The van der Waals surface area contributed by atoms with E-state index < -0.39 is 41.1 Å². The number of nitrogens with two attached hydrogens (primary N) is 2. The van der Waals surface area contributed by atoms with Crippen LogP contribution in [0, 0.1) is 37.0 Å². The highest BCUT2D eigenvalue weighted by Crippen LogP contribution is 2.52. The Morgan fingerprint density at radius 2 is 2.00 bits per heavy atom. The molecule has 0 saturated carbocycles. The molecule has 4 aliphatic rings. The third kappa shape index (κ3) is 2.78. The van der Waals surface area contributed by atoms with E-state index in [0.29, 0.717) is 21.8 Å². The van der Waals surface area contributed by atoms with Gasteiger partial charge in [-0.05, 0) is 62.3 Å². The fourth-order valence-electron chi connectivity index (χ4n) is 6.72. The molecule has 6 rings (SSSR count). The van der Waals surface area contributed by atoms with Crippen molar-refractivity contribution >= 4 is 45.7 Å². The lowest BCUT2D eigenvalue weighted by Gasteiger charge is -2.26. The van der Waals surface area contributed by atoms with Gasteiger partial charge in [0.15, 0.2) is 0 Å². The number of nitrogens with one attached hydrogen (secondary N) is 1. The third-order valence-electron chi connectivity index (χ3n) is 8.48. The first-order valence-electron chi connectivity index (χ1n) is 12.2. The number of imide groups is 1. The molecular weight excluding hydrogens is 478 g/mol. The topological polar surface area (TPSA) is 150 Å². The van der Waals surface area contributed by atoms with Crippen molar-refractivity contribution in [3.05, 3.63) is 44.8 Å². The van der Waals surface area contributed by atoms with Crippen LogP contribution >= 0.6 is 11.3 Å². The average molecular weight is 505 g/mol. The van der Waals surface area contributed by atoms with Gasteiger partial charge in [0.25, 0.3) is 5.91 Å². The number of carbonyl (C=O) groups is 4. The Bertz CT molecular complexity index is 1440. The second kappa shape index (κ2) is 7.72. The first-order valence-corrected chi connectivity index (χ1v) is 13.0. The summed E-state index contributed by atoms with van der Waals surface area (Å²) in [5.74, 6) is -3.86. The van der Waals surface area contributed by atoms with Gasteiger partial charge in [-0.25, -0.2) is 4.90 Å². The van der Waals surface area contributed by atoms with Crippen LogP contribution < -0.4 is 21.3 Å². The first-order chi connectivity index (χ1) is 17.2. The number of anilines is 2. The van der Waals surface area contributed by atoms with Crippen molar-refractivity contribution in [2.75, 3.05) is 10.2 Å². The fraction of sp³-hybridized carbons (Fsp3) is 0.423. The predicted molar refractivity (Wildman–Crippen MR) is 131 cm³/mol. The standard InChI is InChI=1S/C26H25N5O4S/c1-11-7-8-15-21(12(11)2)29-25(35)26(15)20-19(16(30-26)9-18(28)32)22(33)31(23(20)34)24-14(10-27)13-5-3-4-6-17(13)36-24/h7-8,16,19-20,30H,3-6,9H2,1-2H3,(H2,28,32)(H,29,35)/p+1/t16-,19+,20-,26+/m0/s1.